The molecule has 0 spiro atoms. The van der Waals surface area contributed by atoms with Crippen molar-refractivity contribution in [3.63, 3.8) is 0 Å². The first-order chi connectivity index (χ1) is 9.91. The van der Waals surface area contributed by atoms with E-state index in [4.69, 9.17) is 0 Å². The van der Waals surface area contributed by atoms with E-state index in [1.165, 1.54) is 38.5 Å². The lowest BCUT2D eigenvalue weighted by Gasteiger charge is -1.90. The molecular weight excluding hydrogens is 240 g/mol. The van der Waals surface area contributed by atoms with Gasteiger partial charge in [0.05, 0.1) is 0 Å². The summed E-state index contributed by atoms with van der Waals surface area (Å²) in [5.74, 6) is 0. The molecule has 0 aliphatic carbocycles. The van der Waals surface area contributed by atoms with E-state index in [0.717, 1.165) is 19.3 Å². The molecule has 0 aliphatic heterocycles. The summed E-state index contributed by atoms with van der Waals surface area (Å²) >= 11 is 0. The van der Waals surface area contributed by atoms with Crippen molar-refractivity contribution in [1.82, 2.24) is 0 Å². The molecule has 0 aliphatic rings. The third-order valence-corrected chi connectivity index (χ3v) is 3.08. The quantitative estimate of drug-likeness (QED) is 0.251. The van der Waals surface area contributed by atoms with Crippen molar-refractivity contribution >= 4 is 0 Å². The first kappa shape index (κ1) is 19.0. The average Bonchev–Trinajstić information content (AvgIpc) is 2.47. The van der Waals surface area contributed by atoms with E-state index >= 15 is 0 Å². The Morgan fingerprint density at radius 3 is 1.55 bits per heavy atom. The second kappa shape index (κ2) is 18.0. The Bertz CT molecular complexity index is 278. The second-order valence-corrected chi connectivity index (χ2v) is 5.07. The third-order valence-electron chi connectivity index (χ3n) is 3.08. The molecule has 0 heteroatoms. The van der Waals surface area contributed by atoms with Gasteiger partial charge in [0.15, 0.2) is 0 Å². The van der Waals surface area contributed by atoms with Gasteiger partial charge in [-0.2, -0.15) is 0 Å². The molecule has 0 aromatic carbocycles. The molecule has 20 heavy (non-hydrogen) atoms. The predicted octanol–water partition coefficient (Wildman–Crippen LogP) is 6.97. The van der Waals surface area contributed by atoms with Crippen LogP contribution in [-0.2, 0) is 0 Å². The van der Waals surface area contributed by atoms with Gasteiger partial charge in [-0.3, -0.25) is 0 Å². The Balaban J connectivity index is 3.36. The third kappa shape index (κ3) is 17.0. The highest BCUT2D eigenvalue weighted by atomic mass is 13.9. The highest BCUT2D eigenvalue weighted by Crippen LogP contribution is 2.01. The van der Waals surface area contributed by atoms with Crippen molar-refractivity contribution in [3.8, 4) is 0 Å². The van der Waals surface area contributed by atoms with Gasteiger partial charge in [0, 0.05) is 0 Å². The standard InChI is InChI=1S/C20H33/c1-3-5-7-9-11-13-15-17-19-20-18-16-14-12-10-8-6-4-2/h3,9,11-12,14-15,17-18,20H,4-8,10,13,16,19H2,1-2H3/b11-9-,14-12-,17-15-,20-18-. The fraction of sp³-hybridized carbons (Fsp3) is 0.550. The first-order valence-corrected chi connectivity index (χ1v) is 8.29. The van der Waals surface area contributed by atoms with E-state index in [1.807, 2.05) is 0 Å². The van der Waals surface area contributed by atoms with Gasteiger partial charge in [-0.15, -0.1) is 0 Å². The van der Waals surface area contributed by atoms with Gasteiger partial charge in [-0.05, 0) is 51.4 Å². The Kier molecular flexibility index (Phi) is 17.0. The number of allylic oxidation sites excluding steroid dienone is 8. The zero-order valence-corrected chi connectivity index (χ0v) is 13.6. The van der Waals surface area contributed by atoms with Crippen LogP contribution in [0.5, 0.6) is 0 Å². The molecule has 0 saturated carbocycles. The maximum absolute atomic E-state index is 2.31. The van der Waals surface area contributed by atoms with E-state index in [1.54, 1.807) is 0 Å². The van der Waals surface area contributed by atoms with Gasteiger partial charge in [-0.1, -0.05) is 75.3 Å². The van der Waals surface area contributed by atoms with E-state index in [-0.39, 0.29) is 0 Å². The average molecular weight is 273 g/mol. The van der Waals surface area contributed by atoms with Gasteiger partial charge >= 0.3 is 0 Å². The molecular formula is C20H33. The maximum Gasteiger partial charge on any atom is -0.0169 e. The predicted molar refractivity (Wildman–Crippen MR) is 93.8 cm³/mol. The molecule has 0 bridgehead atoms. The second-order valence-electron chi connectivity index (χ2n) is 5.07. The fourth-order valence-electron chi connectivity index (χ4n) is 1.82. The van der Waals surface area contributed by atoms with Gasteiger partial charge in [0.25, 0.3) is 0 Å². The van der Waals surface area contributed by atoms with Crippen LogP contribution < -0.4 is 0 Å². The van der Waals surface area contributed by atoms with Gasteiger partial charge in [0.2, 0.25) is 0 Å². The first-order valence-electron chi connectivity index (χ1n) is 8.29. The van der Waals surface area contributed by atoms with E-state index in [2.05, 4.69) is 68.9 Å². The van der Waals surface area contributed by atoms with E-state index in [9.17, 15) is 0 Å². The van der Waals surface area contributed by atoms with Crippen LogP contribution in [0, 0.1) is 6.42 Å². The van der Waals surface area contributed by atoms with Crippen LogP contribution in [0.1, 0.15) is 71.6 Å². The minimum absolute atomic E-state index is 1.06. The number of unbranched alkanes of at least 4 members (excludes halogenated alkanes) is 5. The minimum atomic E-state index is 1.06. The highest BCUT2D eigenvalue weighted by molar-refractivity contribution is 4.99. The molecule has 0 atom stereocenters. The smallest absolute Gasteiger partial charge is 0.0169 e. The Morgan fingerprint density at radius 1 is 0.550 bits per heavy atom. The minimum Gasteiger partial charge on any atom is -0.0882 e. The summed E-state index contributed by atoms with van der Waals surface area (Å²) in [4.78, 5) is 0. The van der Waals surface area contributed by atoms with Crippen LogP contribution >= 0.6 is 0 Å². The number of hydrogen-bond acceptors (Lipinski definition) is 0. The van der Waals surface area contributed by atoms with Gasteiger partial charge < -0.3 is 0 Å². The Labute approximate surface area is 127 Å². The van der Waals surface area contributed by atoms with Crippen LogP contribution in [0.4, 0.5) is 0 Å². The molecule has 0 N–H and O–H groups in total. The van der Waals surface area contributed by atoms with Crippen molar-refractivity contribution < 1.29 is 0 Å². The van der Waals surface area contributed by atoms with Crippen LogP contribution in [0.15, 0.2) is 48.6 Å². The van der Waals surface area contributed by atoms with E-state index < -0.39 is 0 Å². The van der Waals surface area contributed by atoms with Crippen molar-refractivity contribution in [2.45, 2.75) is 71.6 Å². The molecule has 0 rings (SSSR count). The SMILES string of the molecule is C[CH]CC/C=C\C/C=C\C/C=C\C/C=C\CCCCC. The van der Waals surface area contributed by atoms with Crippen molar-refractivity contribution in [2.75, 3.05) is 0 Å². The van der Waals surface area contributed by atoms with Crippen molar-refractivity contribution in [3.05, 3.63) is 55.0 Å². The summed E-state index contributed by atoms with van der Waals surface area (Å²) in [6.07, 6.45) is 31.1. The monoisotopic (exact) mass is 273 g/mol. The van der Waals surface area contributed by atoms with E-state index in [0.29, 0.717) is 0 Å². The highest BCUT2D eigenvalue weighted by Gasteiger charge is 1.80. The lowest BCUT2D eigenvalue weighted by atomic mass is 10.2. The molecule has 0 fully saturated rings. The zero-order chi connectivity index (χ0) is 14.7. The van der Waals surface area contributed by atoms with Crippen molar-refractivity contribution in [2.24, 2.45) is 0 Å². The zero-order valence-electron chi connectivity index (χ0n) is 13.6. The summed E-state index contributed by atoms with van der Waals surface area (Å²) < 4.78 is 0. The summed E-state index contributed by atoms with van der Waals surface area (Å²) in [6.45, 7) is 4.36. The Morgan fingerprint density at radius 2 is 1.05 bits per heavy atom. The van der Waals surface area contributed by atoms with Crippen molar-refractivity contribution in [1.29, 1.82) is 0 Å². The maximum atomic E-state index is 2.31. The molecule has 0 unspecified atom stereocenters. The molecule has 0 amide bonds. The topological polar surface area (TPSA) is 0 Å². The Hall–Kier alpha value is -1.04. The molecule has 113 valence electrons. The molecule has 0 heterocycles. The molecule has 0 aromatic rings. The summed E-state index contributed by atoms with van der Waals surface area (Å²) in [6, 6.07) is 0. The number of hydrogen-bond donors (Lipinski definition) is 0. The normalized spacial score (nSPS) is 12.7. The summed E-state index contributed by atoms with van der Waals surface area (Å²) in [5, 5.41) is 0. The fourth-order valence-corrected chi connectivity index (χ4v) is 1.82. The van der Waals surface area contributed by atoms with Crippen LogP contribution in [0.3, 0.4) is 0 Å². The molecule has 0 aromatic heterocycles. The summed E-state index contributed by atoms with van der Waals surface area (Å²) in [5.41, 5.74) is 0. The lowest BCUT2D eigenvalue weighted by Crippen LogP contribution is -1.70. The van der Waals surface area contributed by atoms with Gasteiger partial charge in [-0.25, -0.2) is 0 Å². The van der Waals surface area contributed by atoms with Crippen LogP contribution in [0.25, 0.3) is 0 Å². The summed E-state index contributed by atoms with van der Waals surface area (Å²) in [7, 11) is 0. The lowest BCUT2D eigenvalue weighted by molar-refractivity contribution is 0.728. The molecule has 1 radical (unpaired) electrons. The van der Waals surface area contributed by atoms with Gasteiger partial charge in [0.1, 0.15) is 0 Å². The number of rotatable bonds is 13. The van der Waals surface area contributed by atoms with Crippen LogP contribution in [0.2, 0.25) is 0 Å². The molecule has 0 nitrogen and oxygen atoms in total. The molecule has 0 saturated heterocycles. The van der Waals surface area contributed by atoms with Crippen LogP contribution in [-0.4, -0.2) is 0 Å². The largest absolute Gasteiger partial charge is 0.0882 e.